The Balaban J connectivity index is 0.000000386. The number of aromatic amines is 2. The molecule has 2 aliphatic heterocycles. The Hall–Kier alpha value is -3.08. The molecule has 3 aromatic rings. The van der Waals surface area contributed by atoms with Gasteiger partial charge in [0.25, 0.3) is 0 Å². The maximum Gasteiger partial charge on any atom is 0.673 e. The van der Waals surface area contributed by atoms with Crippen molar-refractivity contribution in [1.29, 1.82) is 0 Å². The standard InChI is InChI=1S/C20H14N4.Al.BF4/c1-2-14-10-16-5-6-18(23-16)12-20-8-7-19(24-20)11-17-4-3-15(22-17)9-13(1)21-14;;2-1(3,4)5/h1-12,21-22H;;/q;;-1. The number of rotatable bonds is 0. The normalized spacial score (nSPS) is 12.1. The zero-order chi connectivity index (χ0) is 20.4. The van der Waals surface area contributed by atoms with Crippen molar-refractivity contribution >= 4 is 71.0 Å². The van der Waals surface area contributed by atoms with Crippen molar-refractivity contribution in [3.05, 3.63) is 71.3 Å². The van der Waals surface area contributed by atoms with Crippen LogP contribution in [0.4, 0.5) is 17.3 Å². The fourth-order valence-corrected chi connectivity index (χ4v) is 2.94. The third kappa shape index (κ3) is 5.96. The summed E-state index contributed by atoms with van der Waals surface area (Å²) in [6.07, 6.45) is 8.05. The summed E-state index contributed by atoms with van der Waals surface area (Å²) in [5, 5.41) is 0. The van der Waals surface area contributed by atoms with Crippen LogP contribution in [0.3, 0.4) is 0 Å². The van der Waals surface area contributed by atoms with Crippen LogP contribution in [0, 0.1) is 0 Å². The Morgan fingerprint density at radius 3 is 1.20 bits per heavy atom. The van der Waals surface area contributed by atoms with E-state index in [-0.39, 0.29) is 17.4 Å². The number of hydrogen-bond donors (Lipinski definition) is 2. The van der Waals surface area contributed by atoms with Gasteiger partial charge in [-0.2, -0.15) is 0 Å². The van der Waals surface area contributed by atoms with Gasteiger partial charge in [0.1, 0.15) is 0 Å². The highest BCUT2D eigenvalue weighted by Gasteiger charge is 2.20. The van der Waals surface area contributed by atoms with Crippen LogP contribution < -0.4 is 0 Å². The number of halogens is 4. The number of hydrogen-bond acceptors (Lipinski definition) is 2. The summed E-state index contributed by atoms with van der Waals surface area (Å²) >= 11 is 0. The molecule has 0 atom stereocenters. The Morgan fingerprint density at radius 1 is 0.533 bits per heavy atom. The predicted octanol–water partition coefficient (Wildman–Crippen LogP) is 5.57. The quantitative estimate of drug-likeness (QED) is 0.252. The van der Waals surface area contributed by atoms with E-state index in [1.54, 1.807) is 0 Å². The molecule has 0 fully saturated rings. The van der Waals surface area contributed by atoms with Crippen LogP contribution in [0.2, 0.25) is 0 Å². The van der Waals surface area contributed by atoms with Crippen LogP contribution in [0.5, 0.6) is 0 Å². The van der Waals surface area contributed by atoms with Gasteiger partial charge in [-0.1, -0.05) is 0 Å². The van der Waals surface area contributed by atoms with E-state index in [4.69, 9.17) is 0 Å². The summed E-state index contributed by atoms with van der Waals surface area (Å²) in [6.45, 7) is 0. The first kappa shape index (κ1) is 21.6. The number of nitrogens with zero attached hydrogens (tertiary/aromatic N) is 2. The van der Waals surface area contributed by atoms with Crippen molar-refractivity contribution < 1.29 is 17.3 Å². The van der Waals surface area contributed by atoms with Gasteiger partial charge in [0.05, 0.1) is 22.8 Å². The second-order valence-electron chi connectivity index (χ2n) is 6.40. The van der Waals surface area contributed by atoms with Crippen LogP contribution in [-0.4, -0.2) is 44.6 Å². The molecule has 0 saturated heterocycles. The smallest absolute Gasteiger partial charge is 0.418 e. The van der Waals surface area contributed by atoms with Crippen molar-refractivity contribution in [2.75, 3.05) is 0 Å². The molecule has 0 spiro atoms. The van der Waals surface area contributed by atoms with Crippen LogP contribution >= 0.6 is 0 Å². The molecule has 0 aliphatic carbocycles. The summed E-state index contributed by atoms with van der Waals surface area (Å²) in [5.74, 6) is 0. The molecular weight excluding hydrogens is 410 g/mol. The summed E-state index contributed by atoms with van der Waals surface area (Å²) in [4.78, 5) is 16.0. The average Bonchev–Trinajstić information content (AvgIpc) is 3.38. The third-order valence-corrected chi connectivity index (χ3v) is 4.04. The number of nitrogens with one attached hydrogen (secondary N) is 2. The van der Waals surface area contributed by atoms with Crippen molar-refractivity contribution in [2.45, 2.75) is 0 Å². The molecule has 5 rings (SSSR count). The number of fused-ring (bicyclic) bond motifs is 8. The fraction of sp³-hybridized carbons (Fsp3) is 0. The largest absolute Gasteiger partial charge is 0.673 e. The van der Waals surface area contributed by atoms with Gasteiger partial charge in [0.15, 0.2) is 0 Å². The Labute approximate surface area is 179 Å². The molecule has 30 heavy (non-hydrogen) atoms. The van der Waals surface area contributed by atoms with E-state index in [2.05, 4.69) is 50.3 Å². The van der Waals surface area contributed by atoms with Crippen molar-refractivity contribution in [3.63, 3.8) is 0 Å². The zero-order valence-corrected chi connectivity index (χ0v) is 16.6. The highest BCUT2D eigenvalue weighted by Crippen LogP contribution is 2.17. The summed E-state index contributed by atoms with van der Waals surface area (Å²) in [7, 11) is -6.00. The van der Waals surface area contributed by atoms with Crippen molar-refractivity contribution in [1.82, 2.24) is 19.9 Å². The van der Waals surface area contributed by atoms with E-state index < -0.39 is 7.25 Å². The fourth-order valence-electron chi connectivity index (χ4n) is 2.94. The first-order chi connectivity index (χ1) is 13.8. The second-order valence-corrected chi connectivity index (χ2v) is 6.40. The molecule has 4 nitrogen and oxygen atoms in total. The molecule has 0 aromatic carbocycles. The molecule has 149 valence electrons. The molecule has 0 unspecified atom stereocenters. The van der Waals surface area contributed by atoms with Crippen LogP contribution in [0.25, 0.3) is 46.4 Å². The minimum absolute atomic E-state index is 0. The summed E-state index contributed by atoms with van der Waals surface area (Å²) in [5.41, 5.74) is 7.86. The Kier molecular flexibility index (Phi) is 6.30. The lowest BCUT2D eigenvalue weighted by Crippen LogP contribution is -2.02. The first-order valence-electron chi connectivity index (χ1n) is 8.72. The molecule has 2 aliphatic rings. The SMILES string of the molecule is C1=Cc2cc3ccc(cc4ccc(cc5nc(cc1n2)C=C5)[nH]4)[nH]3.F[B-](F)(F)F.[Al]. The van der Waals surface area contributed by atoms with E-state index in [1.165, 1.54) is 0 Å². The molecule has 3 radical (unpaired) electrons. The molecule has 0 saturated carbocycles. The number of H-pyrrole nitrogens is 2. The monoisotopic (exact) mass is 424 g/mol. The van der Waals surface area contributed by atoms with E-state index in [1.807, 2.05) is 42.5 Å². The van der Waals surface area contributed by atoms with Crippen LogP contribution in [0.1, 0.15) is 22.8 Å². The van der Waals surface area contributed by atoms with E-state index >= 15 is 0 Å². The molecule has 3 aromatic heterocycles. The van der Waals surface area contributed by atoms with Gasteiger partial charge < -0.3 is 27.2 Å². The molecule has 10 heteroatoms. The van der Waals surface area contributed by atoms with Gasteiger partial charge in [0.2, 0.25) is 0 Å². The maximum atomic E-state index is 9.75. The van der Waals surface area contributed by atoms with E-state index in [0.717, 1.165) is 44.8 Å². The van der Waals surface area contributed by atoms with Crippen molar-refractivity contribution in [2.24, 2.45) is 0 Å². The van der Waals surface area contributed by atoms with Gasteiger partial charge in [-0.05, 0) is 72.8 Å². The molecular formula is C20H14AlBF4N4-. The minimum Gasteiger partial charge on any atom is -0.418 e. The maximum absolute atomic E-state index is 9.75. The van der Waals surface area contributed by atoms with Gasteiger partial charge in [-0.25, -0.2) is 9.97 Å². The predicted molar refractivity (Wildman–Crippen MR) is 115 cm³/mol. The lowest BCUT2D eigenvalue weighted by atomic mass is 10.3. The topological polar surface area (TPSA) is 57.4 Å². The molecule has 2 N–H and O–H groups in total. The lowest BCUT2D eigenvalue weighted by Gasteiger charge is -1.94. The Bertz CT molecular complexity index is 1180. The van der Waals surface area contributed by atoms with E-state index in [0.29, 0.717) is 0 Å². The van der Waals surface area contributed by atoms with Crippen LogP contribution in [0.15, 0.2) is 48.5 Å². The first-order valence-corrected chi connectivity index (χ1v) is 8.72. The van der Waals surface area contributed by atoms with Gasteiger partial charge in [-0.15, -0.1) is 0 Å². The Morgan fingerprint density at radius 2 is 0.833 bits per heavy atom. The highest BCUT2D eigenvalue weighted by molar-refractivity contribution is 6.50. The van der Waals surface area contributed by atoms with Gasteiger partial charge in [-0.3, -0.25) is 0 Å². The summed E-state index contributed by atoms with van der Waals surface area (Å²) < 4.78 is 39.0. The zero-order valence-electron chi connectivity index (χ0n) is 15.5. The molecule has 5 heterocycles. The van der Waals surface area contributed by atoms with Crippen LogP contribution in [-0.2, 0) is 0 Å². The van der Waals surface area contributed by atoms with E-state index in [9.17, 15) is 17.3 Å². The lowest BCUT2D eigenvalue weighted by molar-refractivity contribution is 0.368. The highest BCUT2D eigenvalue weighted by atomic mass is 27.0. The average molecular weight is 424 g/mol. The molecule has 8 bridgehead atoms. The summed E-state index contributed by atoms with van der Waals surface area (Å²) in [6, 6.07) is 16.4. The third-order valence-electron chi connectivity index (χ3n) is 4.04. The minimum atomic E-state index is -6.00. The van der Waals surface area contributed by atoms with Gasteiger partial charge in [0, 0.05) is 39.4 Å². The van der Waals surface area contributed by atoms with Gasteiger partial charge >= 0.3 is 7.25 Å². The number of aromatic nitrogens is 4. The second kappa shape index (κ2) is 8.74. The van der Waals surface area contributed by atoms with Crippen molar-refractivity contribution in [3.8, 4) is 0 Å². The molecule has 0 amide bonds.